The summed E-state index contributed by atoms with van der Waals surface area (Å²) in [6.07, 6.45) is 0.662. The summed E-state index contributed by atoms with van der Waals surface area (Å²) in [4.78, 5) is 0. The normalized spacial score (nSPS) is 21.2. The number of nitrogens with zero attached hydrogens (tertiary/aromatic N) is 2. The van der Waals surface area contributed by atoms with Crippen LogP contribution >= 0.6 is 15.9 Å². The zero-order chi connectivity index (χ0) is 14.9. The smallest absolute Gasteiger partial charge is 0.152 e. The molecule has 0 amide bonds. The second-order valence-electron chi connectivity index (χ2n) is 5.27. The maximum atomic E-state index is 11.6. The van der Waals surface area contributed by atoms with Gasteiger partial charge in [0.2, 0.25) is 0 Å². The van der Waals surface area contributed by atoms with Gasteiger partial charge in [0, 0.05) is 28.8 Å². The summed E-state index contributed by atoms with van der Waals surface area (Å²) in [6.45, 7) is 9.16. The molecule has 1 atom stereocenters. The van der Waals surface area contributed by atoms with E-state index in [1.165, 1.54) is 0 Å². The van der Waals surface area contributed by atoms with Crippen LogP contribution in [0.4, 0.5) is 0 Å². The van der Waals surface area contributed by atoms with Crippen molar-refractivity contribution in [3.63, 3.8) is 0 Å². The third kappa shape index (κ3) is 3.51. The Bertz CT molecular complexity index is 622. The molecule has 0 bridgehead atoms. The summed E-state index contributed by atoms with van der Waals surface area (Å²) < 4.78 is 26.0. The van der Waals surface area contributed by atoms with Crippen LogP contribution in [0.3, 0.4) is 0 Å². The van der Waals surface area contributed by atoms with Gasteiger partial charge in [-0.3, -0.25) is 4.68 Å². The quantitative estimate of drug-likeness (QED) is 0.869. The molecule has 1 fully saturated rings. The van der Waals surface area contributed by atoms with Gasteiger partial charge in [-0.1, -0.05) is 22.5 Å². The van der Waals surface area contributed by atoms with Crippen LogP contribution in [0.15, 0.2) is 11.1 Å². The Morgan fingerprint density at radius 3 is 2.80 bits per heavy atom. The van der Waals surface area contributed by atoms with Crippen LogP contribution in [0.25, 0.3) is 0 Å². The Labute approximate surface area is 128 Å². The summed E-state index contributed by atoms with van der Waals surface area (Å²) in [5.41, 5.74) is 3.15. The molecule has 0 saturated carbocycles. The Kier molecular flexibility index (Phi) is 4.71. The van der Waals surface area contributed by atoms with Gasteiger partial charge in [0.05, 0.1) is 23.2 Å². The van der Waals surface area contributed by atoms with Gasteiger partial charge in [-0.15, -0.1) is 0 Å². The van der Waals surface area contributed by atoms with Crippen molar-refractivity contribution in [3.8, 4) is 0 Å². The first kappa shape index (κ1) is 15.7. The Balaban J connectivity index is 2.14. The largest absolute Gasteiger partial charge is 0.308 e. The molecular formula is C13H20BrN3O2S. The van der Waals surface area contributed by atoms with Crippen molar-refractivity contribution in [1.82, 2.24) is 15.1 Å². The fraction of sp³-hybridized carbons (Fsp3) is 0.615. The summed E-state index contributed by atoms with van der Waals surface area (Å²) in [7, 11) is -2.89. The molecule has 2 rings (SSSR count). The second kappa shape index (κ2) is 5.99. The van der Waals surface area contributed by atoms with Crippen molar-refractivity contribution in [2.24, 2.45) is 0 Å². The molecule has 1 unspecified atom stereocenters. The van der Waals surface area contributed by atoms with Crippen LogP contribution in [0.5, 0.6) is 0 Å². The average Bonchev–Trinajstić information content (AvgIpc) is 2.82. The molecule has 1 N–H and O–H groups in total. The molecule has 1 aliphatic heterocycles. The molecule has 1 aromatic heterocycles. The van der Waals surface area contributed by atoms with Gasteiger partial charge in [0.15, 0.2) is 9.84 Å². The first-order chi connectivity index (χ1) is 9.30. The fourth-order valence-electron chi connectivity index (χ4n) is 2.60. The standard InChI is InChI=1S/C13H20BrN3O2S/c1-9(14)6-15-7-13-10(2)16-17(11(13)3)12-4-5-20(18,19)8-12/h12,15H,1,4-8H2,2-3H3. The third-order valence-corrected chi connectivity index (χ3v) is 5.68. The topological polar surface area (TPSA) is 64.0 Å². The van der Waals surface area contributed by atoms with Crippen molar-refractivity contribution in [1.29, 1.82) is 0 Å². The van der Waals surface area contributed by atoms with E-state index in [2.05, 4.69) is 32.9 Å². The van der Waals surface area contributed by atoms with Crippen molar-refractivity contribution in [3.05, 3.63) is 28.0 Å². The van der Waals surface area contributed by atoms with Crippen LogP contribution in [-0.2, 0) is 16.4 Å². The summed E-state index contributed by atoms with van der Waals surface area (Å²) >= 11 is 3.31. The van der Waals surface area contributed by atoms with Crippen molar-refractivity contribution < 1.29 is 8.42 Å². The zero-order valence-electron chi connectivity index (χ0n) is 11.8. The predicted molar refractivity (Wildman–Crippen MR) is 83.8 cm³/mol. The summed E-state index contributed by atoms with van der Waals surface area (Å²) in [5.74, 6) is 0.479. The van der Waals surface area contributed by atoms with Gasteiger partial charge in [0.25, 0.3) is 0 Å². The molecule has 0 radical (unpaired) electrons. The number of hydrogen-bond donors (Lipinski definition) is 1. The molecular weight excluding hydrogens is 342 g/mol. The van der Waals surface area contributed by atoms with Gasteiger partial charge in [-0.25, -0.2) is 8.42 Å². The Morgan fingerprint density at radius 1 is 1.55 bits per heavy atom. The minimum atomic E-state index is -2.89. The molecule has 20 heavy (non-hydrogen) atoms. The van der Waals surface area contributed by atoms with Gasteiger partial charge < -0.3 is 5.32 Å². The summed E-state index contributed by atoms with van der Waals surface area (Å²) in [6, 6.07) is -0.0152. The maximum Gasteiger partial charge on any atom is 0.152 e. The summed E-state index contributed by atoms with van der Waals surface area (Å²) in [5, 5.41) is 7.82. The van der Waals surface area contributed by atoms with Crippen LogP contribution in [0, 0.1) is 13.8 Å². The molecule has 5 nitrogen and oxygen atoms in total. The van der Waals surface area contributed by atoms with E-state index in [9.17, 15) is 8.42 Å². The highest BCUT2D eigenvalue weighted by Gasteiger charge is 2.31. The van der Waals surface area contributed by atoms with E-state index in [1.54, 1.807) is 0 Å². The monoisotopic (exact) mass is 361 g/mol. The highest BCUT2D eigenvalue weighted by Crippen LogP contribution is 2.26. The Hall–Kier alpha value is -0.660. The number of sulfone groups is 1. The lowest BCUT2D eigenvalue weighted by molar-refractivity contribution is 0.485. The van der Waals surface area contributed by atoms with E-state index in [-0.39, 0.29) is 17.5 Å². The molecule has 7 heteroatoms. The van der Waals surface area contributed by atoms with E-state index in [0.29, 0.717) is 19.5 Å². The molecule has 112 valence electrons. The predicted octanol–water partition coefficient (Wildman–Crippen LogP) is 1.86. The molecule has 1 saturated heterocycles. The first-order valence-corrected chi connectivity index (χ1v) is 9.20. The highest BCUT2D eigenvalue weighted by atomic mass is 79.9. The highest BCUT2D eigenvalue weighted by molar-refractivity contribution is 9.11. The zero-order valence-corrected chi connectivity index (χ0v) is 14.2. The third-order valence-electron chi connectivity index (χ3n) is 3.65. The number of aryl methyl sites for hydroxylation is 1. The lowest BCUT2D eigenvalue weighted by atomic mass is 10.2. The van der Waals surface area contributed by atoms with Gasteiger partial charge in [0.1, 0.15) is 0 Å². The number of rotatable bonds is 5. The number of hydrogen-bond acceptors (Lipinski definition) is 4. The van der Waals surface area contributed by atoms with E-state index in [4.69, 9.17) is 0 Å². The molecule has 0 spiro atoms. The molecule has 0 aromatic carbocycles. The minimum Gasteiger partial charge on any atom is -0.308 e. The van der Waals surface area contributed by atoms with Crippen LogP contribution in [0.2, 0.25) is 0 Å². The molecule has 1 aliphatic rings. The molecule has 0 aliphatic carbocycles. The van der Waals surface area contributed by atoms with Gasteiger partial charge in [-0.05, 0) is 20.3 Å². The van der Waals surface area contributed by atoms with Crippen molar-refractivity contribution in [2.75, 3.05) is 18.1 Å². The average molecular weight is 362 g/mol. The lowest BCUT2D eigenvalue weighted by Crippen LogP contribution is -2.17. The Morgan fingerprint density at radius 2 is 2.25 bits per heavy atom. The van der Waals surface area contributed by atoms with Crippen LogP contribution in [0.1, 0.15) is 29.4 Å². The molecule has 2 heterocycles. The van der Waals surface area contributed by atoms with E-state index in [1.807, 2.05) is 18.5 Å². The van der Waals surface area contributed by atoms with Gasteiger partial charge in [-0.2, -0.15) is 5.10 Å². The lowest BCUT2D eigenvalue weighted by Gasteiger charge is -2.11. The SMILES string of the molecule is C=C(Br)CNCc1c(C)nn(C2CCS(=O)(=O)C2)c1C. The minimum absolute atomic E-state index is 0.0152. The van der Waals surface area contributed by atoms with E-state index < -0.39 is 9.84 Å². The number of aromatic nitrogens is 2. The number of nitrogens with one attached hydrogen (secondary N) is 1. The fourth-order valence-corrected chi connectivity index (χ4v) is 4.49. The first-order valence-electron chi connectivity index (χ1n) is 6.59. The maximum absolute atomic E-state index is 11.6. The molecule has 1 aromatic rings. The van der Waals surface area contributed by atoms with Gasteiger partial charge >= 0.3 is 0 Å². The van der Waals surface area contributed by atoms with Crippen molar-refractivity contribution in [2.45, 2.75) is 32.9 Å². The van der Waals surface area contributed by atoms with Crippen molar-refractivity contribution >= 4 is 25.8 Å². The number of halogens is 1. The van der Waals surface area contributed by atoms with E-state index in [0.717, 1.165) is 21.4 Å². The van der Waals surface area contributed by atoms with Crippen LogP contribution < -0.4 is 5.32 Å². The van der Waals surface area contributed by atoms with E-state index >= 15 is 0 Å². The van der Waals surface area contributed by atoms with Crippen LogP contribution in [-0.4, -0.2) is 36.2 Å². The second-order valence-corrected chi connectivity index (χ2v) is 8.62.